The van der Waals surface area contributed by atoms with Gasteiger partial charge in [-0.25, -0.2) is 8.42 Å². The normalized spacial score (nSPS) is 18.5. The van der Waals surface area contributed by atoms with Gasteiger partial charge in [0.05, 0.1) is 18.1 Å². The zero-order chi connectivity index (χ0) is 20.1. The molecular weight excluding hydrogens is 396 g/mol. The molecule has 0 radical (unpaired) electrons. The summed E-state index contributed by atoms with van der Waals surface area (Å²) in [4.78, 5) is 14.5. The van der Waals surface area contributed by atoms with E-state index in [0.717, 1.165) is 23.5 Å². The van der Waals surface area contributed by atoms with E-state index < -0.39 is 9.84 Å². The molecule has 0 aliphatic carbocycles. The zero-order valence-electron chi connectivity index (χ0n) is 16.2. The Morgan fingerprint density at radius 1 is 1.29 bits per heavy atom. The minimum atomic E-state index is -2.93. The summed E-state index contributed by atoms with van der Waals surface area (Å²) in [6.45, 7) is 5.86. The van der Waals surface area contributed by atoms with Crippen LogP contribution in [-0.4, -0.2) is 53.5 Å². The lowest BCUT2D eigenvalue weighted by atomic mass is 10.1. The Morgan fingerprint density at radius 2 is 2.04 bits per heavy atom. The second kappa shape index (κ2) is 9.11. The predicted octanol–water partition coefficient (Wildman–Crippen LogP) is 2.18. The van der Waals surface area contributed by atoms with E-state index in [2.05, 4.69) is 27.3 Å². The summed E-state index contributed by atoms with van der Waals surface area (Å²) in [5.74, 6) is 0.214. The third-order valence-corrected chi connectivity index (χ3v) is 7.47. The third-order valence-electron chi connectivity index (χ3n) is 4.81. The van der Waals surface area contributed by atoms with Crippen molar-refractivity contribution < 1.29 is 13.2 Å². The van der Waals surface area contributed by atoms with Gasteiger partial charge in [0.15, 0.2) is 9.84 Å². The van der Waals surface area contributed by atoms with Crippen molar-refractivity contribution in [2.45, 2.75) is 45.8 Å². The Morgan fingerprint density at radius 3 is 2.68 bits per heavy atom. The van der Waals surface area contributed by atoms with Crippen LogP contribution in [0.2, 0.25) is 0 Å². The second-order valence-corrected chi connectivity index (χ2v) is 10.5. The van der Waals surface area contributed by atoms with Crippen molar-refractivity contribution in [2.75, 3.05) is 18.1 Å². The predicted molar refractivity (Wildman–Crippen MR) is 110 cm³/mol. The summed E-state index contributed by atoms with van der Waals surface area (Å²) >= 11 is 1.27. The number of aryl methyl sites for hydroxylation is 1. The van der Waals surface area contributed by atoms with Gasteiger partial charge in [0.1, 0.15) is 5.01 Å². The van der Waals surface area contributed by atoms with Gasteiger partial charge in [-0.05, 0) is 31.9 Å². The fourth-order valence-electron chi connectivity index (χ4n) is 3.29. The summed E-state index contributed by atoms with van der Waals surface area (Å²) in [6, 6.07) is 8.01. The Bertz CT molecular complexity index is 910. The van der Waals surface area contributed by atoms with Crippen LogP contribution in [0.1, 0.15) is 45.7 Å². The first-order chi connectivity index (χ1) is 13.4. The largest absolute Gasteiger partial charge is 0.346 e. The van der Waals surface area contributed by atoms with E-state index in [1.54, 1.807) is 0 Å². The zero-order valence-corrected chi connectivity index (χ0v) is 17.9. The highest BCUT2D eigenvalue weighted by Gasteiger charge is 2.32. The summed E-state index contributed by atoms with van der Waals surface area (Å²) < 4.78 is 23.6. The van der Waals surface area contributed by atoms with Gasteiger partial charge >= 0.3 is 0 Å². The molecule has 7 nitrogen and oxygen atoms in total. The molecule has 1 atom stereocenters. The van der Waals surface area contributed by atoms with Crippen LogP contribution in [0, 0.1) is 6.92 Å². The van der Waals surface area contributed by atoms with E-state index in [-0.39, 0.29) is 23.5 Å². The molecular formula is C19H26N4O3S2. The molecule has 0 saturated carbocycles. The summed E-state index contributed by atoms with van der Waals surface area (Å²) in [6.07, 6.45) is 1.59. The molecule has 1 fully saturated rings. The number of benzene rings is 1. The van der Waals surface area contributed by atoms with Crippen LogP contribution in [0.15, 0.2) is 24.3 Å². The SMILES string of the molecule is CCCN(Cc1nnc(C(=O)NCc2ccc(C)cc2)s1)C1CCS(=O)(=O)C1. The molecule has 1 aliphatic heterocycles. The smallest absolute Gasteiger partial charge is 0.282 e. The maximum absolute atomic E-state index is 12.4. The van der Waals surface area contributed by atoms with Crippen molar-refractivity contribution in [3.63, 3.8) is 0 Å². The number of sulfone groups is 1. The number of carbonyl (C=O) groups is 1. The fraction of sp³-hybridized carbons (Fsp3) is 0.526. The van der Waals surface area contributed by atoms with Gasteiger partial charge < -0.3 is 5.32 Å². The van der Waals surface area contributed by atoms with E-state index in [4.69, 9.17) is 0 Å². The van der Waals surface area contributed by atoms with Gasteiger partial charge in [0.25, 0.3) is 5.91 Å². The van der Waals surface area contributed by atoms with Gasteiger partial charge in [0, 0.05) is 12.6 Å². The molecule has 1 unspecified atom stereocenters. The van der Waals surface area contributed by atoms with Crippen LogP contribution < -0.4 is 5.32 Å². The molecule has 9 heteroatoms. The van der Waals surface area contributed by atoms with Crippen LogP contribution in [0.3, 0.4) is 0 Å². The highest BCUT2D eigenvalue weighted by Crippen LogP contribution is 2.21. The number of carbonyl (C=O) groups excluding carboxylic acids is 1. The highest BCUT2D eigenvalue weighted by atomic mass is 32.2. The molecule has 2 aromatic rings. The van der Waals surface area contributed by atoms with Crippen LogP contribution in [0.4, 0.5) is 0 Å². The number of nitrogens with one attached hydrogen (secondary N) is 1. The van der Waals surface area contributed by atoms with Gasteiger partial charge in [0.2, 0.25) is 5.01 Å². The topological polar surface area (TPSA) is 92.3 Å². The maximum Gasteiger partial charge on any atom is 0.282 e. The Labute approximate surface area is 170 Å². The average molecular weight is 423 g/mol. The molecule has 1 aromatic carbocycles. The van der Waals surface area contributed by atoms with Crippen molar-refractivity contribution in [3.8, 4) is 0 Å². The molecule has 1 N–H and O–H groups in total. The molecule has 0 spiro atoms. The van der Waals surface area contributed by atoms with Gasteiger partial charge in [-0.3, -0.25) is 9.69 Å². The molecule has 0 bridgehead atoms. The van der Waals surface area contributed by atoms with Crippen LogP contribution in [-0.2, 0) is 22.9 Å². The Balaban J connectivity index is 1.58. The lowest BCUT2D eigenvalue weighted by Crippen LogP contribution is -2.36. The van der Waals surface area contributed by atoms with Crippen molar-refractivity contribution in [1.29, 1.82) is 0 Å². The van der Waals surface area contributed by atoms with Gasteiger partial charge in [-0.15, -0.1) is 10.2 Å². The van der Waals surface area contributed by atoms with Crippen LogP contribution in [0.5, 0.6) is 0 Å². The summed E-state index contributed by atoms with van der Waals surface area (Å²) in [7, 11) is -2.93. The first-order valence-electron chi connectivity index (χ1n) is 9.47. The summed E-state index contributed by atoms with van der Waals surface area (Å²) in [5.41, 5.74) is 2.20. The standard InChI is InChI=1S/C19H26N4O3S2/c1-3-9-23(16-8-10-28(25,26)13-16)12-17-21-22-19(27-17)18(24)20-11-15-6-4-14(2)5-7-15/h4-7,16H,3,8-13H2,1-2H3,(H,20,24). The number of rotatable bonds is 8. The van der Waals surface area contributed by atoms with Crippen molar-refractivity contribution in [2.24, 2.45) is 0 Å². The number of amides is 1. The minimum absolute atomic E-state index is 0.0210. The first kappa shape index (κ1) is 20.9. The lowest BCUT2D eigenvalue weighted by Gasteiger charge is -2.26. The van der Waals surface area contributed by atoms with E-state index in [1.807, 2.05) is 31.2 Å². The van der Waals surface area contributed by atoms with Crippen molar-refractivity contribution in [1.82, 2.24) is 20.4 Å². The lowest BCUT2D eigenvalue weighted by molar-refractivity contribution is 0.0950. The van der Waals surface area contributed by atoms with E-state index in [1.165, 1.54) is 16.9 Å². The van der Waals surface area contributed by atoms with Gasteiger partial charge in [-0.2, -0.15) is 0 Å². The van der Waals surface area contributed by atoms with Crippen molar-refractivity contribution >= 4 is 27.1 Å². The van der Waals surface area contributed by atoms with E-state index in [9.17, 15) is 13.2 Å². The van der Waals surface area contributed by atoms with Gasteiger partial charge in [-0.1, -0.05) is 48.1 Å². The van der Waals surface area contributed by atoms with Crippen LogP contribution in [0.25, 0.3) is 0 Å². The van der Waals surface area contributed by atoms with Crippen molar-refractivity contribution in [3.05, 3.63) is 45.4 Å². The first-order valence-corrected chi connectivity index (χ1v) is 12.1. The third kappa shape index (κ3) is 5.59. The fourth-order valence-corrected chi connectivity index (χ4v) is 5.83. The second-order valence-electron chi connectivity index (χ2n) is 7.20. The molecule has 2 heterocycles. The average Bonchev–Trinajstić information content (AvgIpc) is 3.27. The molecule has 152 valence electrons. The molecule has 1 amide bonds. The minimum Gasteiger partial charge on any atom is -0.346 e. The maximum atomic E-state index is 12.4. The number of hydrogen-bond acceptors (Lipinski definition) is 7. The Hall–Kier alpha value is -1.84. The quantitative estimate of drug-likeness (QED) is 0.701. The molecule has 28 heavy (non-hydrogen) atoms. The number of hydrogen-bond donors (Lipinski definition) is 1. The number of aromatic nitrogens is 2. The molecule has 1 saturated heterocycles. The molecule has 1 aromatic heterocycles. The molecule has 3 rings (SSSR count). The molecule has 1 aliphatic rings. The number of nitrogens with zero attached hydrogens (tertiary/aromatic N) is 3. The monoisotopic (exact) mass is 422 g/mol. The highest BCUT2D eigenvalue weighted by molar-refractivity contribution is 7.91. The van der Waals surface area contributed by atoms with E-state index in [0.29, 0.717) is 24.5 Å². The van der Waals surface area contributed by atoms with Crippen LogP contribution >= 0.6 is 11.3 Å². The van der Waals surface area contributed by atoms with E-state index >= 15 is 0 Å². The Kier molecular flexibility index (Phi) is 6.79. The summed E-state index contributed by atoms with van der Waals surface area (Å²) in [5, 5.41) is 12.1.